The zero-order valence-corrected chi connectivity index (χ0v) is 9.06. The minimum atomic E-state index is -0.0131. The van der Waals surface area contributed by atoms with Crippen molar-refractivity contribution in [2.24, 2.45) is 0 Å². The summed E-state index contributed by atoms with van der Waals surface area (Å²) >= 11 is 0. The van der Waals surface area contributed by atoms with Crippen LogP contribution in [-0.4, -0.2) is 17.9 Å². The maximum absolute atomic E-state index is 11.1. The summed E-state index contributed by atoms with van der Waals surface area (Å²) in [6.45, 7) is 5.66. The van der Waals surface area contributed by atoms with Crippen molar-refractivity contribution < 1.29 is 9.53 Å². The maximum atomic E-state index is 11.1. The molecule has 0 unspecified atom stereocenters. The highest BCUT2D eigenvalue weighted by Gasteiger charge is 2.04. The highest BCUT2D eigenvalue weighted by molar-refractivity contribution is 5.74. The van der Waals surface area contributed by atoms with E-state index in [2.05, 4.69) is 6.58 Å². The lowest BCUT2D eigenvalue weighted by Gasteiger charge is -2.15. The summed E-state index contributed by atoms with van der Waals surface area (Å²) < 4.78 is 5.05. The number of nitrogens with zero attached hydrogens (tertiary/aromatic N) is 1. The lowest BCUT2D eigenvalue weighted by molar-refractivity contribution is -0.126. The summed E-state index contributed by atoms with van der Waals surface area (Å²) in [5.41, 5.74) is 1.05. The number of ether oxygens (including phenoxy) is 1. The molecule has 15 heavy (non-hydrogen) atoms. The third-order valence-electron chi connectivity index (χ3n) is 2.14. The first-order chi connectivity index (χ1) is 7.17. The van der Waals surface area contributed by atoms with Gasteiger partial charge in [0.1, 0.15) is 5.75 Å². The van der Waals surface area contributed by atoms with Crippen molar-refractivity contribution in [3.63, 3.8) is 0 Å². The van der Waals surface area contributed by atoms with Crippen LogP contribution in [0, 0.1) is 0 Å². The average Bonchev–Trinajstić information content (AvgIpc) is 2.26. The van der Waals surface area contributed by atoms with Gasteiger partial charge < -0.3 is 9.64 Å². The number of methoxy groups -OCH3 is 1. The largest absolute Gasteiger partial charge is 0.497 e. The van der Waals surface area contributed by atoms with E-state index >= 15 is 0 Å². The van der Waals surface area contributed by atoms with Crippen molar-refractivity contribution in [2.75, 3.05) is 7.11 Å². The molecule has 0 aliphatic rings. The Morgan fingerprint density at radius 3 is 2.47 bits per heavy atom. The van der Waals surface area contributed by atoms with Crippen LogP contribution in [0.5, 0.6) is 5.75 Å². The molecule has 0 saturated carbocycles. The Hall–Kier alpha value is -1.77. The van der Waals surface area contributed by atoms with E-state index in [1.807, 2.05) is 24.3 Å². The Morgan fingerprint density at radius 1 is 1.47 bits per heavy atom. The topological polar surface area (TPSA) is 29.5 Å². The highest BCUT2D eigenvalue weighted by atomic mass is 16.5. The lowest BCUT2D eigenvalue weighted by atomic mass is 10.2. The number of carbonyl (C=O) groups excluding carboxylic acids is 1. The van der Waals surface area contributed by atoms with E-state index in [1.165, 1.54) is 13.1 Å². The van der Waals surface area contributed by atoms with Gasteiger partial charge in [0.05, 0.1) is 13.7 Å². The molecule has 0 aromatic heterocycles. The van der Waals surface area contributed by atoms with Gasteiger partial charge in [-0.15, -0.1) is 0 Å². The zero-order valence-electron chi connectivity index (χ0n) is 9.06. The van der Waals surface area contributed by atoms with Crippen molar-refractivity contribution >= 4 is 5.91 Å². The molecule has 0 radical (unpaired) electrons. The average molecular weight is 205 g/mol. The molecule has 1 amide bonds. The van der Waals surface area contributed by atoms with Gasteiger partial charge >= 0.3 is 0 Å². The molecule has 0 bridgehead atoms. The van der Waals surface area contributed by atoms with Crippen LogP contribution in [0.15, 0.2) is 37.0 Å². The van der Waals surface area contributed by atoms with Gasteiger partial charge in [-0.2, -0.15) is 0 Å². The van der Waals surface area contributed by atoms with Gasteiger partial charge in [-0.25, -0.2) is 0 Å². The minimum Gasteiger partial charge on any atom is -0.497 e. The summed E-state index contributed by atoms with van der Waals surface area (Å²) in [4.78, 5) is 12.7. The third kappa shape index (κ3) is 3.13. The van der Waals surface area contributed by atoms with Crippen LogP contribution in [0.25, 0.3) is 0 Å². The fourth-order valence-corrected chi connectivity index (χ4v) is 1.23. The molecule has 3 heteroatoms. The van der Waals surface area contributed by atoms with Crippen LogP contribution >= 0.6 is 0 Å². The summed E-state index contributed by atoms with van der Waals surface area (Å²) in [5, 5.41) is 0. The van der Waals surface area contributed by atoms with Crippen molar-refractivity contribution in [3.05, 3.63) is 42.6 Å². The molecule has 0 atom stereocenters. The molecule has 0 spiro atoms. The standard InChI is InChI=1S/C12H15NO2/c1-4-13(10(2)14)9-11-5-7-12(15-3)8-6-11/h4-8H,1,9H2,2-3H3. The molecule has 3 nitrogen and oxygen atoms in total. The molecule has 1 aromatic rings. The van der Waals surface area contributed by atoms with Crippen LogP contribution in [0.3, 0.4) is 0 Å². The Bertz CT molecular complexity index is 343. The van der Waals surface area contributed by atoms with Gasteiger partial charge in [0, 0.05) is 6.92 Å². The van der Waals surface area contributed by atoms with Gasteiger partial charge in [-0.3, -0.25) is 4.79 Å². The number of hydrogen-bond acceptors (Lipinski definition) is 2. The smallest absolute Gasteiger partial charge is 0.223 e. The molecule has 1 aromatic carbocycles. The van der Waals surface area contributed by atoms with Crippen LogP contribution in [-0.2, 0) is 11.3 Å². The Morgan fingerprint density at radius 2 is 2.07 bits per heavy atom. The van der Waals surface area contributed by atoms with Gasteiger partial charge in [0.25, 0.3) is 0 Å². The first-order valence-corrected chi connectivity index (χ1v) is 4.70. The second-order valence-corrected chi connectivity index (χ2v) is 3.18. The van der Waals surface area contributed by atoms with E-state index in [-0.39, 0.29) is 5.91 Å². The SMILES string of the molecule is C=CN(Cc1ccc(OC)cc1)C(C)=O. The minimum absolute atomic E-state index is 0.0131. The third-order valence-corrected chi connectivity index (χ3v) is 2.14. The molecular formula is C12H15NO2. The predicted octanol–water partition coefficient (Wildman–Crippen LogP) is 2.19. The molecule has 0 heterocycles. The molecule has 1 rings (SSSR count). The molecule has 0 aliphatic carbocycles. The summed E-state index contributed by atoms with van der Waals surface area (Å²) in [7, 11) is 1.63. The van der Waals surface area contributed by atoms with Crippen molar-refractivity contribution in [1.82, 2.24) is 4.90 Å². The predicted molar refractivity (Wildman–Crippen MR) is 59.4 cm³/mol. The first-order valence-electron chi connectivity index (χ1n) is 4.70. The fourth-order valence-electron chi connectivity index (χ4n) is 1.23. The number of benzene rings is 1. The number of hydrogen-bond donors (Lipinski definition) is 0. The molecular weight excluding hydrogens is 190 g/mol. The second kappa shape index (κ2) is 5.20. The summed E-state index contributed by atoms with van der Waals surface area (Å²) in [5.74, 6) is 0.799. The highest BCUT2D eigenvalue weighted by Crippen LogP contribution is 2.13. The summed E-state index contributed by atoms with van der Waals surface area (Å²) in [6.07, 6.45) is 1.53. The van der Waals surface area contributed by atoms with E-state index in [1.54, 1.807) is 12.0 Å². The Labute approximate surface area is 90.0 Å². The molecule has 0 aliphatic heterocycles. The fraction of sp³-hybridized carbons (Fsp3) is 0.250. The van der Waals surface area contributed by atoms with E-state index in [4.69, 9.17) is 4.74 Å². The maximum Gasteiger partial charge on any atom is 0.223 e. The van der Waals surface area contributed by atoms with Gasteiger partial charge in [0.15, 0.2) is 0 Å². The second-order valence-electron chi connectivity index (χ2n) is 3.18. The van der Waals surface area contributed by atoms with Gasteiger partial charge in [-0.1, -0.05) is 18.7 Å². The van der Waals surface area contributed by atoms with Crippen LogP contribution in [0.4, 0.5) is 0 Å². The van der Waals surface area contributed by atoms with Gasteiger partial charge in [-0.05, 0) is 23.9 Å². The normalized spacial score (nSPS) is 9.47. The van der Waals surface area contributed by atoms with Crippen LogP contribution < -0.4 is 4.74 Å². The van der Waals surface area contributed by atoms with E-state index in [0.29, 0.717) is 6.54 Å². The quantitative estimate of drug-likeness (QED) is 0.754. The number of amides is 1. The molecule has 0 N–H and O–H groups in total. The van der Waals surface area contributed by atoms with Crippen molar-refractivity contribution in [3.8, 4) is 5.75 Å². The van der Waals surface area contributed by atoms with Crippen molar-refractivity contribution in [2.45, 2.75) is 13.5 Å². The van der Waals surface area contributed by atoms with E-state index in [9.17, 15) is 4.79 Å². The van der Waals surface area contributed by atoms with Gasteiger partial charge in [0.2, 0.25) is 5.91 Å². The van der Waals surface area contributed by atoms with Crippen LogP contribution in [0.2, 0.25) is 0 Å². The van der Waals surface area contributed by atoms with E-state index in [0.717, 1.165) is 11.3 Å². The van der Waals surface area contributed by atoms with Crippen LogP contribution in [0.1, 0.15) is 12.5 Å². The molecule has 80 valence electrons. The Balaban J connectivity index is 2.71. The number of rotatable bonds is 4. The molecule has 0 saturated heterocycles. The Kier molecular flexibility index (Phi) is 3.92. The number of carbonyl (C=O) groups is 1. The molecule has 0 fully saturated rings. The lowest BCUT2D eigenvalue weighted by Crippen LogP contribution is -2.21. The monoisotopic (exact) mass is 205 g/mol. The first kappa shape index (κ1) is 11.3. The van der Waals surface area contributed by atoms with Crippen molar-refractivity contribution in [1.29, 1.82) is 0 Å². The summed E-state index contributed by atoms with van der Waals surface area (Å²) in [6, 6.07) is 7.60. The zero-order chi connectivity index (χ0) is 11.3. The van der Waals surface area contributed by atoms with E-state index < -0.39 is 0 Å².